The lowest BCUT2D eigenvalue weighted by atomic mass is 9.89. The van der Waals surface area contributed by atoms with Crippen LogP contribution < -0.4 is 0 Å². The van der Waals surface area contributed by atoms with Gasteiger partial charge in [-0.15, -0.1) is 0 Å². The largest absolute Gasteiger partial charge is 0.468 e. The lowest BCUT2D eigenvalue weighted by Crippen LogP contribution is -2.43. The minimum absolute atomic E-state index is 0.0904. The van der Waals surface area contributed by atoms with Crippen LogP contribution in [0.3, 0.4) is 0 Å². The average molecular weight is 345 g/mol. The average Bonchev–Trinajstić information content (AvgIpc) is 2.55. The summed E-state index contributed by atoms with van der Waals surface area (Å²) in [5, 5.41) is 9.67. The van der Waals surface area contributed by atoms with Crippen LogP contribution >= 0.6 is 0 Å². The monoisotopic (exact) mass is 345 g/mol. The molecule has 7 heteroatoms. The predicted octanol–water partition coefficient (Wildman–Crippen LogP) is 3.01. The van der Waals surface area contributed by atoms with Crippen molar-refractivity contribution in [2.24, 2.45) is 5.92 Å². The van der Waals surface area contributed by atoms with Gasteiger partial charge < -0.3 is 9.84 Å². The van der Waals surface area contributed by atoms with Crippen molar-refractivity contribution in [2.75, 3.05) is 20.2 Å². The lowest BCUT2D eigenvalue weighted by molar-refractivity contribution is -0.149. The zero-order valence-corrected chi connectivity index (χ0v) is 13.7. The number of hydrogen-bond acceptors (Lipinski definition) is 4. The highest BCUT2D eigenvalue weighted by atomic mass is 19.4. The molecule has 2 atom stereocenters. The molecule has 1 fully saturated rings. The van der Waals surface area contributed by atoms with Crippen LogP contribution in [0.1, 0.15) is 36.9 Å². The molecule has 1 heterocycles. The first-order valence-electron chi connectivity index (χ1n) is 7.91. The number of halogens is 3. The number of piperidine rings is 1. The quantitative estimate of drug-likeness (QED) is 0.853. The van der Waals surface area contributed by atoms with E-state index in [2.05, 4.69) is 0 Å². The molecule has 0 aromatic heterocycles. The summed E-state index contributed by atoms with van der Waals surface area (Å²) in [5.74, 6) is -0.611. The van der Waals surface area contributed by atoms with E-state index in [-0.39, 0.29) is 11.5 Å². The number of carbonyl (C=O) groups excluding carboxylic acids is 1. The smallest absolute Gasteiger partial charge is 0.416 e. The van der Waals surface area contributed by atoms with E-state index in [1.807, 2.05) is 0 Å². The topological polar surface area (TPSA) is 49.8 Å². The number of aliphatic hydroxyl groups excluding tert-OH is 1. The molecule has 1 aliphatic heterocycles. The Hall–Kier alpha value is -1.60. The van der Waals surface area contributed by atoms with E-state index in [1.165, 1.54) is 25.3 Å². The second-order valence-corrected chi connectivity index (χ2v) is 6.12. The van der Waals surface area contributed by atoms with E-state index in [9.17, 15) is 23.1 Å². The van der Waals surface area contributed by atoms with Crippen molar-refractivity contribution >= 4 is 5.97 Å². The van der Waals surface area contributed by atoms with Gasteiger partial charge in [0.2, 0.25) is 0 Å². The normalized spacial score (nSPS) is 19.8. The van der Waals surface area contributed by atoms with E-state index in [1.54, 1.807) is 11.8 Å². The van der Waals surface area contributed by atoms with E-state index in [4.69, 9.17) is 4.74 Å². The molecule has 0 amide bonds. The number of methoxy groups -OCH3 is 1. The van der Waals surface area contributed by atoms with Crippen molar-refractivity contribution in [2.45, 2.75) is 38.1 Å². The summed E-state index contributed by atoms with van der Waals surface area (Å²) in [7, 11) is 1.17. The molecule has 0 bridgehead atoms. The molecule has 2 rings (SSSR count). The number of rotatable bonds is 4. The molecule has 134 valence electrons. The Morgan fingerprint density at radius 2 is 1.88 bits per heavy atom. The number of alkyl halides is 3. The van der Waals surface area contributed by atoms with Crippen LogP contribution in [0, 0.1) is 5.92 Å². The highest BCUT2D eigenvalue weighted by Crippen LogP contribution is 2.38. The van der Waals surface area contributed by atoms with Crippen LogP contribution in [-0.4, -0.2) is 42.3 Å². The molecular weight excluding hydrogens is 323 g/mol. The summed E-state index contributed by atoms with van der Waals surface area (Å²) in [6.07, 6.45) is -3.76. The minimum atomic E-state index is -4.54. The van der Waals surface area contributed by atoms with E-state index in [0.29, 0.717) is 25.9 Å². The molecule has 1 N–H and O–H groups in total. The third-order valence-corrected chi connectivity index (χ3v) is 4.61. The molecule has 0 saturated carbocycles. The molecule has 0 aliphatic carbocycles. The Morgan fingerprint density at radius 3 is 2.38 bits per heavy atom. The molecule has 24 heavy (non-hydrogen) atoms. The number of nitrogens with zero attached hydrogens (tertiary/aromatic N) is 1. The Bertz CT molecular complexity index is 566. The number of aliphatic hydroxyl groups is 1. The fraction of sp³-hybridized carbons (Fsp3) is 0.588. The van der Waals surface area contributed by atoms with E-state index >= 15 is 0 Å². The van der Waals surface area contributed by atoms with Crippen molar-refractivity contribution < 1.29 is 27.8 Å². The van der Waals surface area contributed by atoms with Gasteiger partial charge in [0.25, 0.3) is 0 Å². The van der Waals surface area contributed by atoms with E-state index < -0.39 is 29.9 Å². The van der Waals surface area contributed by atoms with Crippen molar-refractivity contribution in [1.82, 2.24) is 4.90 Å². The molecule has 1 aromatic rings. The third-order valence-electron chi connectivity index (χ3n) is 4.61. The SMILES string of the molecule is COC(=O)[C@H](c1ccccc1C(F)(F)F)N1CCC([C@@H](C)O)CC1. The number of hydrogen-bond donors (Lipinski definition) is 1. The number of ether oxygens (including phenoxy) is 1. The Morgan fingerprint density at radius 1 is 1.29 bits per heavy atom. The standard InChI is InChI=1S/C17H22F3NO3/c1-11(22)12-7-9-21(10-8-12)15(16(23)24-2)13-5-3-4-6-14(13)17(18,19)20/h3-6,11-12,15,22H,7-10H2,1-2H3/t11-,15+/m1/s1. The molecule has 1 saturated heterocycles. The number of carbonyl (C=O) groups is 1. The highest BCUT2D eigenvalue weighted by molar-refractivity contribution is 5.78. The van der Waals surface area contributed by atoms with Crippen LogP contribution in [0.2, 0.25) is 0 Å². The zero-order chi connectivity index (χ0) is 17.9. The maximum Gasteiger partial charge on any atom is 0.416 e. The van der Waals surface area contributed by atoms with Gasteiger partial charge in [0.1, 0.15) is 6.04 Å². The molecule has 0 unspecified atom stereocenters. The first-order chi connectivity index (χ1) is 11.3. The van der Waals surface area contributed by atoms with Gasteiger partial charge in [0.05, 0.1) is 18.8 Å². The van der Waals surface area contributed by atoms with Gasteiger partial charge in [0.15, 0.2) is 0 Å². The van der Waals surface area contributed by atoms with Gasteiger partial charge in [-0.3, -0.25) is 4.90 Å². The van der Waals surface area contributed by atoms with Gasteiger partial charge in [0, 0.05) is 0 Å². The third kappa shape index (κ3) is 4.08. The summed E-state index contributed by atoms with van der Waals surface area (Å²) < 4.78 is 44.7. The van der Waals surface area contributed by atoms with Gasteiger partial charge >= 0.3 is 12.1 Å². The second-order valence-electron chi connectivity index (χ2n) is 6.12. The predicted molar refractivity (Wildman–Crippen MR) is 82.2 cm³/mol. The lowest BCUT2D eigenvalue weighted by Gasteiger charge is -2.37. The summed E-state index contributed by atoms with van der Waals surface area (Å²) in [5.41, 5.74) is -0.912. The molecular formula is C17H22F3NO3. The number of esters is 1. The molecule has 1 aliphatic rings. The Labute approximate surface area is 139 Å². The minimum Gasteiger partial charge on any atom is -0.468 e. The Kier molecular flexibility index (Phi) is 5.87. The van der Waals surface area contributed by atoms with Crippen molar-refractivity contribution in [3.63, 3.8) is 0 Å². The van der Waals surface area contributed by atoms with Crippen molar-refractivity contribution in [3.05, 3.63) is 35.4 Å². The maximum absolute atomic E-state index is 13.3. The van der Waals surface area contributed by atoms with Crippen molar-refractivity contribution in [3.8, 4) is 0 Å². The number of likely N-dealkylation sites (tertiary alicyclic amines) is 1. The number of benzene rings is 1. The van der Waals surface area contributed by atoms with E-state index in [0.717, 1.165) is 6.07 Å². The van der Waals surface area contributed by atoms with Crippen LogP contribution in [0.15, 0.2) is 24.3 Å². The Balaban J connectivity index is 2.33. The van der Waals surface area contributed by atoms with Gasteiger partial charge in [-0.1, -0.05) is 18.2 Å². The first kappa shape index (κ1) is 18.7. The fourth-order valence-corrected chi connectivity index (χ4v) is 3.24. The maximum atomic E-state index is 13.3. The summed E-state index contributed by atoms with van der Waals surface area (Å²) in [6.45, 7) is 2.57. The molecule has 0 radical (unpaired) electrons. The summed E-state index contributed by atoms with van der Waals surface area (Å²) >= 11 is 0. The van der Waals surface area contributed by atoms with Crippen LogP contribution in [-0.2, 0) is 15.7 Å². The van der Waals surface area contributed by atoms with Crippen LogP contribution in [0.4, 0.5) is 13.2 Å². The summed E-state index contributed by atoms with van der Waals surface area (Å²) in [6, 6.07) is 4.00. The summed E-state index contributed by atoms with van der Waals surface area (Å²) in [4.78, 5) is 13.9. The molecule has 1 aromatic carbocycles. The first-order valence-corrected chi connectivity index (χ1v) is 7.91. The second kappa shape index (κ2) is 7.53. The van der Waals surface area contributed by atoms with Crippen molar-refractivity contribution in [1.29, 1.82) is 0 Å². The zero-order valence-electron chi connectivity index (χ0n) is 13.7. The highest BCUT2D eigenvalue weighted by Gasteiger charge is 2.40. The van der Waals surface area contributed by atoms with Gasteiger partial charge in [-0.2, -0.15) is 13.2 Å². The van der Waals surface area contributed by atoms with Crippen LogP contribution in [0.5, 0.6) is 0 Å². The van der Waals surface area contributed by atoms with Crippen LogP contribution in [0.25, 0.3) is 0 Å². The fourth-order valence-electron chi connectivity index (χ4n) is 3.24. The van der Waals surface area contributed by atoms with Gasteiger partial charge in [-0.25, -0.2) is 4.79 Å². The molecule has 0 spiro atoms. The van der Waals surface area contributed by atoms with Gasteiger partial charge in [-0.05, 0) is 50.4 Å². The molecule has 4 nitrogen and oxygen atoms in total.